The van der Waals surface area contributed by atoms with E-state index in [9.17, 15) is 9.90 Å². The summed E-state index contributed by atoms with van der Waals surface area (Å²) in [5.41, 5.74) is -0.102. The average Bonchev–Trinajstić information content (AvgIpc) is 3.36. The van der Waals surface area contributed by atoms with Gasteiger partial charge < -0.3 is 15.7 Å². The highest BCUT2D eigenvalue weighted by molar-refractivity contribution is 6.33. The van der Waals surface area contributed by atoms with Gasteiger partial charge in [-0.1, -0.05) is 35.3 Å². The number of halogens is 3. The molecular weight excluding hydrogens is 387 g/mol. The van der Waals surface area contributed by atoms with Crippen molar-refractivity contribution in [1.82, 2.24) is 15.3 Å². The molecule has 2 aromatic rings. The van der Waals surface area contributed by atoms with Crippen molar-refractivity contribution in [3.05, 3.63) is 51.4 Å². The fraction of sp³-hybridized carbons (Fsp3) is 0.312. The van der Waals surface area contributed by atoms with Crippen molar-refractivity contribution in [2.45, 2.75) is 24.4 Å². The molecule has 1 fully saturated rings. The van der Waals surface area contributed by atoms with Gasteiger partial charge in [0.15, 0.2) is 5.82 Å². The number of hydrogen-bond acceptors (Lipinski definition) is 5. The van der Waals surface area contributed by atoms with E-state index in [1.54, 1.807) is 24.3 Å². The van der Waals surface area contributed by atoms with Crippen molar-refractivity contribution in [1.29, 1.82) is 0 Å². The van der Waals surface area contributed by atoms with Crippen LogP contribution in [0, 0.1) is 0 Å². The molecule has 6 nitrogen and oxygen atoms in total. The molecule has 1 atom stereocenters. The number of carbonyl (C=O) groups excluding carboxylic acids is 1. The summed E-state index contributed by atoms with van der Waals surface area (Å²) in [6, 6.07) is 6.43. The minimum Gasteiger partial charge on any atom is -0.394 e. The number of rotatable bonds is 6. The Morgan fingerprint density at radius 3 is 2.72 bits per heavy atom. The van der Waals surface area contributed by atoms with Gasteiger partial charge in [0, 0.05) is 5.02 Å². The summed E-state index contributed by atoms with van der Waals surface area (Å²) in [4.78, 5) is 20.5. The van der Waals surface area contributed by atoms with Gasteiger partial charge in [-0.3, -0.25) is 4.79 Å². The molecular formula is C16H15Cl3N4O2. The van der Waals surface area contributed by atoms with Gasteiger partial charge in [-0.05, 0) is 42.1 Å². The molecule has 1 amide bonds. The van der Waals surface area contributed by atoms with Crippen LogP contribution in [0.15, 0.2) is 30.5 Å². The summed E-state index contributed by atoms with van der Waals surface area (Å²) in [5.74, 6) is 0.0509. The third kappa shape index (κ3) is 4.15. The maximum atomic E-state index is 12.7. The monoisotopic (exact) mass is 400 g/mol. The third-order valence-electron chi connectivity index (χ3n) is 4.00. The van der Waals surface area contributed by atoms with Crippen LogP contribution in [0.4, 0.5) is 5.82 Å². The van der Waals surface area contributed by atoms with Gasteiger partial charge in [0.05, 0.1) is 18.8 Å². The number of hydrogen-bond donors (Lipinski definition) is 3. The van der Waals surface area contributed by atoms with Crippen molar-refractivity contribution in [3.8, 4) is 0 Å². The van der Waals surface area contributed by atoms with E-state index in [4.69, 9.17) is 34.8 Å². The molecule has 1 saturated carbocycles. The van der Waals surface area contributed by atoms with Crippen LogP contribution >= 0.6 is 34.8 Å². The Bertz CT molecular complexity index is 799. The van der Waals surface area contributed by atoms with Crippen LogP contribution in [0.1, 0.15) is 24.4 Å². The normalized spacial score (nSPS) is 16.2. The van der Waals surface area contributed by atoms with E-state index in [1.165, 1.54) is 6.20 Å². The van der Waals surface area contributed by atoms with Gasteiger partial charge in [0.1, 0.15) is 10.6 Å². The zero-order chi connectivity index (χ0) is 18.0. The SMILES string of the molecule is O=C(NC(CO)c1cccc(Cl)c1)C1(Nc2nc(Cl)ncc2Cl)CC1. The lowest BCUT2D eigenvalue weighted by Crippen LogP contribution is -2.44. The topological polar surface area (TPSA) is 87.1 Å². The lowest BCUT2D eigenvalue weighted by atomic mass is 10.1. The molecule has 1 heterocycles. The number of aliphatic hydroxyl groups excluding tert-OH is 1. The first-order valence-electron chi connectivity index (χ1n) is 7.57. The Morgan fingerprint density at radius 1 is 1.32 bits per heavy atom. The molecule has 25 heavy (non-hydrogen) atoms. The highest BCUT2D eigenvalue weighted by Gasteiger charge is 2.51. The predicted octanol–water partition coefficient (Wildman–Crippen LogP) is 3.23. The molecule has 9 heteroatoms. The Kier molecular flexibility index (Phi) is 5.34. The van der Waals surface area contributed by atoms with E-state index in [0.717, 1.165) is 5.56 Å². The quantitative estimate of drug-likeness (QED) is 0.647. The zero-order valence-electron chi connectivity index (χ0n) is 13.0. The number of aliphatic hydroxyl groups is 1. The number of anilines is 1. The van der Waals surface area contributed by atoms with Crippen molar-refractivity contribution >= 4 is 46.5 Å². The Labute approximate surface area is 159 Å². The molecule has 0 saturated heterocycles. The van der Waals surface area contributed by atoms with E-state index in [1.807, 2.05) is 0 Å². The van der Waals surface area contributed by atoms with Crippen LogP contribution in [-0.4, -0.2) is 33.1 Å². The molecule has 3 rings (SSSR count). The van der Waals surface area contributed by atoms with Gasteiger partial charge in [-0.2, -0.15) is 4.98 Å². The molecule has 0 spiro atoms. The second-order valence-corrected chi connectivity index (χ2v) is 6.99. The lowest BCUT2D eigenvalue weighted by Gasteiger charge is -2.23. The molecule has 1 aromatic carbocycles. The van der Waals surface area contributed by atoms with Gasteiger partial charge in [-0.15, -0.1) is 0 Å². The van der Waals surface area contributed by atoms with Crippen LogP contribution in [0.25, 0.3) is 0 Å². The highest BCUT2D eigenvalue weighted by atomic mass is 35.5. The summed E-state index contributed by atoms with van der Waals surface area (Å²) in [6.45, 7) is -0.248. The van der Waals surface area contributed by atoms with E-state index in [2.05, 4.69) is 20.6 Å². The number of aromatic nitrogens is 2. The first kappa shape index (κ1) is 18.2. The standard InChI is InChI=1S/C16H15Cl3N4O2/c17-10-3-1-2-9(6-10)12(8-24)21-14(25)16(4-5-16)23-13-11(18)7-20-15(19)22-13/h1-3,6-7,12,24H,4-5,8H2,(H,21,25)(H,20,22,23). The summed E-state index contributed by atoms with van der Waals surface area (Å²) in [5, 5.41) is 16.4. The van der Waals surface area contributed by atoms with Crippen molar-refractivity contribution in [2.24, 2.45) is 0 Å². The maximum absolute atomic E-state index is 12.7. The third-order valence-corrected chi connectivity index (χ3v) is 4.69. The van der Waals surface area contributed by atoms with Gasteiger partial charge in [0.2, 0.25) is 11.2 Å². The molecule has 0 radical (unpaired) electrons. The van der Waals surface area contributed by atoms with Crippen LogP contribution in [0.2, 0.25) is 15.3 Å². The second-order valence-electron chi connectivity index (χ2n) is 5.81. The molecule has 0 bridgehead atoms. The molecule has 0 aliphatic heterocycles. The molecule has 1 aromatic heterocycles. The fourth-order valence-electron chi connectivity index (χ4n) is 2.45. The minimum absolute atomic E-state index is 0.0373. The van der Waals surface area contributed by atoms with Crippen molar-refractivity contribution in [2.75, 3.05) is 11.9 Å². The largest absolute Gasteiger partial charge is 0.394 e. The van der Waals surface area contributed by atoms with Gasteiger partial charge in [0.25, 0.3) is 0 Å². The van der Waals surface area contributed by atoms with E-state index in [-0.39, 0.29) is 22.8 Å². The Morgan fingerprint density at radius 2 is 2.08 bits per heavy atom. The number of amides is 1. The number of nitrogens with zero attached hydrogens (tertiary/aromatic N) is 2. The lowest BCUT2D eigenvalue weighted by molar-refractivity contribution is -0.123. The Balaban J connectivity index is 1.74. The first-order chi connectivity index (χ1) is 11.9. The zero-order valence-corrected chi connectivity index (χ0v) is 15.2. The van der Waals surface area contributed by atoms with Crippen LogP contribution < -0.4 is 10.6 Å². The molecule has 132 valence electrons. The van der Waals surface area contributed by atoms with Crippen LogP contribution in [-0.2, 0) is 4.79 Å². The summed E-state index contributed by atoms with van der Waals surface area (Å²) >= 11 is 17.8. The van der Waals surface area contributed by atoms with Crippen LogP contribution in [0.3, 0.4) is 0 Å². The average molecular weight is 402 g/mol. The Hall–Kier alpha value is -1.60. The molecule has 1 aliphatic rings. The second kappa shape index (κ2) is 7.33. The highest BCUT2D eigenvalue weighted by Crippen LogP contribution is 2.40. The fourth-order valence-corrected chi connectivity index (χ4v) is 2.92. The minimum atomic E-state index is -0.826. The summed E-state index contributed by atoms with van der Waals surface area (Å²) < 4.78 is 0. The van der Waals surface area contributed by atoms with E-state index < -0.39 is 11.6 Å². The number of nitrogens with one attached hydrogen (secondary N) is 2. The molecule has 1 aliphatic carbocycles. The van der Waals surface area contributed by atoms with E-state index in [0.29, 0.717) is 23.7 Å². The maximum Gasteiger partial charge on any atom is 0.246 e. The molecule has 1 unspecified atom stereocenters. The summed E-state index contributed by atoms with van der Waals surface area (Å²) in [7, 11) is 0. The van der Waals surface area contributed by atoms with E-state index >= 15 is 0 Å². The van der Waals surface area contributed by atoms with Gasteiger partial charge >= 0.3 is 0 Å². The predicted molar refractivity (Wildman–Crippen MR) is 97.1 cm³/mol. The van der Waals surface area contributed by atoms with Crippen LogP contribution in [0.5, 0.6) is 0 Å². The molecule has 3 N–H and O–H groups in total. The van der Waals surface area contributed by atoms with Gasteiger partial charge in [-0.25, -0.2) is 4.98 Å². The summed E-state index contributed by atoms with van der Waals surface area (Å²) in [6.07, 6.45) is 2.60. The smallest absolute Gasteiger partial charge is 0.246 e. The van der Waals surface area contributed by atoms with Crippen molar-refractivity contribution < 1.29 is 9.90 Å². The number of benzene rings is 1. The first-order valence-corrected chi connectivity index (χ1v) is 8.70. The van der Waals surface area contributed by atoms with Crippen molar-refractivity contribution in [3.63, 3.8) is 0 Å². The number of carbonyl (C=O) groups is 1.